The number of para-hydroxylation sites is 1. The SMILES string of the molecule is CN(C)CCCOc1ccccc1C1(O)OC(=O)c2cccc3cccc1c23. The number of carbonyl (C=O) groups excluding carboxylic acids is 1. The number of benzene rings is 3. The Balaban J connectivity index is 1.78. The van der Waals surface area contributed by atoms with Crippen LogP contribution in [-0.2, 0) is 10.5 Å². The minimum atomic E-state index is -1.90. The molecule has 1 aliphatic heterocycles. The van der Waals surface area contributed by atoms with Crippen molar-refractivity contribution in [2.24, 2.45) is 0 Å². The minimum absolute atomic E-state index is 0.426. The van der Waals surface area contributed by atoms with E-state index in [9.17, 15) is 9.90 Å². The average molecular weight is 377 g/mol. The van der Waals surface area contributed by atoms with Crippen molar-refractivity contribution in [3.8, 4) is 5.75 Å². The first-order chi connectivity index (χ1) is 13.5. The van der Waals surface area contributed by atoms with Crippen LogP contribution < -0.4 is 4.74 Å². The molecule has 5 heteroatoms. The maximum absolute atomic E-state index is 12.7. The third-order valence-corrected chi connectivity index (χ3v) is 4.99. The first kappa shape index (κ1) is 18.5. The predicted octanol–water partition coefficient (Wildman–Crippen LogP) is 3.53. The zero-order valence-electron chi connectivity index (χ0n) is 16.0. The van der Waals surface area contributed by atoms with Crippen LogP contribution in [0.2, 0.25) is 0 Å². The fourth-order valence-corrected chi connectivity index (χ4v) is 3.67. The molecule has 5 nitrogen and oxygen atoms in total. The lowest BCUT2D eigenvalue weighted by Gasteiger charge is -2.34. The van der Waals surface area contributed by atoms with Gasteiger partial charge in [0.2, 0.25) is 0 Å². The van der Waals surface area contributed by atoms with Crippen molar-refractivity contribution in [1.82, 2.24) is 4.90 Å². The molecule has 0 saturated heterocycles. The van der Waals surface area contributed by atoms with E-state index >= 15 is 0 Å². The molecule has 0 aromatic heterocycles. The Morgan fingerprint density at radius 2 is 1.71 bits per heavy atom. The summed E-state index contributed by atoms with van der Waals surface area (Å²) in [5.74, 6) is -1.94. The minimum Gasteiger partial charge on any atom is -0.493 e. The van der Waals surface area contributed by atoms with Crippen LogP contribution in [0.15, 0.2) is 60.7 Å². The molecule has 0 aliphatic carbocycles. The van der Waals surface area contributed by atoms with E-state index in [1.807, 2.05) is 44.4 Å². The van der Waals surface area contributed by atoms with Crippen LogP contribution >= 0.6 is 0 Å². The van der Waals surface area contributed by atoms with Gasteiger partial charge in [-0.1, -0.05) is 42.5 Å². The summed E-state index contributed by atoms with van der Waals surface area (Å²) >= 11 is 0. The fourth-order valence-electron chi connectivity index (χ4n) is 3.67. The third-order valence-electron chi connectivity index (χ3n) is 4.99. The highest BCUT2D eigenvalue weighted by molar-refractivity contribution is 6.08. The number of carbonyl (C=O) groups is 1. The number of ether oxygens (including phenoxy) is 2. The Labute approximate surface area is 164 Å². The molecule has 0 fully saturated rings. The molecule has 0 saturated carbocycles. The van der Waals surface area contributed by atoms with Gasteiger partial charge in [0.1, 0.15) is 5.75 Å². The Morgan fingerprint density at radius 1 is 1.00 bits per heavy atom. The third kappa shape index (κ3) is 3.13. The van der Waals surface area contributed by atoms with Crippen molar-refractivity contribution in [3.05, 3.63) is 77.4 Å². The molecule has 3 aromatic rings. The molecule has 3 aromatic carbocycles. The number of aliphatic hydroxyl groups is 1. The highest BCUT2D eigenvalue weighted by Gasteiger charge is 2.44. The van der Waals surface area contributed by atoms with E-state index in [1.54, 1.807) is 30.3 Å². The van der Waals surface area contributed by atoms with Crippen LogP contribution in [0.25, 0.3) is 10.8 Å². The van der Waals surface area contributed by atoms with Gasteiger partial charge in [0.15, 0.2) is 0 Å². The number of hydrogen-bond donors (Lipinski definition) is 1. The van der Waals surface area contributed by atoms with E-state index in [4.69, 9.17) is 9.47 Å². The molecule has 1 N–H and O–H groups in total. The molecule has 1 atom stereocenters. The first-order valence-corrected chi connectivity index (χ1v) is 9.35. The smallest absolute Gasteiger partial charge is 0.341 e. The average Bonchev–Trinajstić information content (AvgIpc) is 2.69. The zero-order valence-corrected chi connectivity index (χ0v) is 16.0. The molecular formula is C23H23NO4. The monoisotopic (exact) mass is 377 g/mol. The Kier molecular flexibility index (Phi) is 4.79. The number of hydrogen-bond acceptors (Lipinski definition) is 5. The molecule has 144 valence electrons. The normalized spacial score (nSPS) is 18.4. The van der Waals surface area contributed by atoms with Crippen LogP contribution in [0.3, 0.4) is 0 Å². The lowest BCUT2D eigenvalue weighted by atomic mass is 9.87. The first-order valence-electron chi connectivity index (χ1n) is 9.35. The van der Waals surface area contributed by atoms with Crippen molar-refractivity contribution in [3.63, 3.8) is 0 Å². The van der Waals surface area contributed by atoms with Gasteiger partial charge >= 0.3 is 5.97 Å². The summed E-state index contributed by atoms with van der Waals surface area (Å²) < 4.78 is 11.5. The molecule has 28 heavy (non-hydrogen) atoms. The van der Waals surface area contributed by atoms with Gasteiger partial charge < -0.3 is 19.5 Å². The quantitative estimate of drug-likeness (QED) is 0.526. The second kappa shape index (κ2) is 7.26. The van der Waals surface area contributed by atoms with Crippen LogP contribution in [0.4, 0.5) is 0 Å². The molecule has 0 bridgehead atoms. The highest BCUT2D eigenvalue weighted by atomic mass is 16.7. The summed E-state index contributed by atoms with van der Waals surface area (Å²) in [6.45, 7) is 1.40. The van der Waals surface area contributed by atoms with E-state index in [0.29, 0.717) is 34.4 Å². The van der Waals surface area contributed by atoms with Crippen LogP contribution in [0.5, 0.6) is 5.75 Å². The second-order valence-corrected chi connectivity index (χ2v) is 7.24. The lowest BCUT2D eigenvalue weighted by Crippen LogP contribution is -2.37. The van der Waals surface area contributed by atoms with E-state index in [0.717, 1.165) is 18.4 Å². The molecule has 1 heterocycles. The van der Waals surface area contributed by atoms with Crippen molar-refractivity contribution >= 4 is 16.7 Å². The van der Waals surface area contributed by atoms with E-state index in [-0.39, 0.29) is 0 Å². The predicted molar refractivity (Wildman–Crippen MR) is 107 cm³/mol. The summed E-state index contributed by atoms with van der Waals surface area (Å²) in [6.07, 6.45) is 0.845. The number of nitrogens with zero attached hydrogens (tertiary/aromatic N) is 1. The molecule has 0 amide bonds. The van der Waals surface area contributed by atoms with Crippen molar-refractivity contribution in [2.45, 2.75) is 12.2 Å². The Bertz CT molecular complexity index is 1020. The van der Waals surface area contributed by atoms with Crippen LogP contribution in [0.1, 0.15) is 27.9 Å². The summed E-state index contributed by atoms with van der Waals surface area (Å²) in [4.78, 5) is 14.8. The van der Waals surface area contributed by atoms with Crippen molar-refractivity contribution in [1.29, 1.82) is 0 Å². The van der Waals surface area contributed by atoms with Gasteiger partial charge in [-0.3, -0.25) is 0 Å². The van der Waals surface area contributed by atoms with Gasteiger partial charge in [-0.15, -0.1) is 0 Å². The maximum atomic E-state index is 12.7. The fraction of sp³-hybridized carbons (Fsp3) is 0.261. The van der Waals surface area contributed by atoms with E-state index in [2.05, 4.69) is 4.90 Å². The zero-order chi connectivity index (χ0) is 19.7. The maximum Gasteiger partial charge on any atom is 0.341 e. The second-order valence-electron chi connectivity index (χ2n) is 7.24. The molecule has 0 spiro atoms. The standard InChI is InChI=1S/C23H23NO4/c1-24(2)14-7-15-27-20-13-4-3-11-18(20)23(26)19-12-6-9-16-8-5-10-17(21(16)19)22(25)28-23/h3-6,8-13,26H,7,14-15H2,1-2H3. The number of esters is 1. The van der Waals surface area contributed by atoms with E-state index in [1.165, 1.54) is 0 Å². The van der Waals surface area contributed by atoms with Gasteiger partial charge in [0, 0.05) is 17.5 Å². The van der Waals surface area contributed by atoms with Gasteiger partial charge in [0.25, 0.3) is 5.79 Å². The highest BCUT2D eigenvalue weighted by Crippen LogP contribution is 2.44. The largest absolute Gasteiger partial charge is 0.493 e. The Hall–Kier alpha value is -2.89. The molecule has 4 rings (SSSR count). The summed E-state index contributed by atoms with van der Waals surface area (Å²) in [6, 6.07) is 18.2. The molecule has 0 radical (unpaired) electrons. The summed E-state index contributed by atoms with van der Waals surface area (Å²) in [5.41, 5.74) is 1.43. The molecule has 1 unspecified atom stereocenters. The summed E-state index contributed by atoms with van der Waals surface area (Å²) in [7, 11) is 4.02. The van der Waals surface area contributed by atoms with Gasteiger partial charge in [0.05, 0.1) is 17.7 Å². The van der Waals surface area contributed by atoms with Gasteiger partial charge in [-0.25, -0.2) is 4.79 Å². The summed E-state index contributed by atoms with van der Waals surface area (Å²) in [5, 5.41) is 13.2. The van der Waals surface area contributed by atoms with Crippen molar-refractivity contribution < 1.29 is 19.4 Å². The number of cyclic esters (lactones) is 1. The molecular weight excluding hydrogens is 354 g/mol. The van der Waals surface area contributed by atoms with E-state index < -0.39 is 11.8 Å². The Morgan fingerprint density at radius 3 is 2.50 bits per heavy atom. The van der Waals surface area contributed by atoms with Crippen LogP contribution in [-0.4, -0.2) is 43.2 Å². The molecule has 1 aliphatic rings. The van der Waals surface area contributed by atoms with Crippen molar-refractivity contribution in [2.75, 3.05) is 27.2 Å². The van der Waals surface area contributed by atoms with Gasteiger partial charge in [-0.05, 0) is 44.1 Å². The lowest BCUT2D eigenvalue weighted by molar-refractivity contribution is -0.142. The number of rotatable bonds is 6. The topological polar surface area (TPSA) is 59.0 Å². The van der Waals surface area contributed by atoms with Gasteiger partial charge in [-0.2, -0.15) is 0 Å². The van der Waals surface area contributed by atoms with Crippen LogP contribution in [0, 0.1) is 0 Å².